The van der Waals surface area contributed by atoms with Crippen molar-refractivity contribution in [3.05, 3.63) is 27.3 Å². The molecule has 0 radical (unpaired) electrons. The minimum absolute atomic E-state index is 0.0134. The van der Waals surface area contributed by atoms with Crippen LogP contribution >= 0.6 is 11.3 Å². The number of nitro groups is 1. The van der Waals surface area contributed by atoms with Crippen molar-refractivity contribution >= 4 is 32.9 Å². The number of thiazole rings is 1. The van der Waals surface area contributed by atoms with Crippen LogP contribution in [0.2, 0.25) is 0 Å². The molecule has 0 aliphatic rings. The van der Waals surface area contributed by atoms with E-state index in [1.807, 2.05) is 6.92 Å². The lowest BCUT2D eigenvalue weighted by Gasteiger charge is -2.20. The van der Waals surface area contributed by atoms with Crippen LogP contribution in [0.1, 0.15) is 18.9 Å². The monoisotopic (exact) mass is 275 g/mol. The van der Waals surface area contributed by atoms with Crippen LogP contribution in [-0.4, -0.2) is 15.4 Å². The van der Waals surface area contributed by atoms with Gasteiger partial charge in [0, 0.05) is 6.07 Å². The molecule has 6 heteroatoms. The Morgan fingerprint density at radius 3 is 2.79 bits per heavy atom. The fourth-order valence-electron chi connectivity index (χ4n) is 1.70. The fourth-order valence-corrected chi connectivity index (χ4v) is 2.54. The maximum absolute atomic E-state index is 11.1. The van der Waals surface area contributed by atoms with Gasteiger partial charge in [0.15, 0.2) is 0 Å². The molecule has 0 unspecified atom stereocenters. The molecule has 0 fully saturated rings. The van der Waals surface area contributed by atoms with Crippen molar-refractivity contribution in [2.24, 2.45) is 0 Å². The highest BCUT2D eigenvalue weighted by Crippen LogP contribution is 2.34. The van der Waals surface area contributed by atoms with E-state index in [0.717, 1.165) is 15.2 Å². The van der Waals surface area contributed by atoms with Crippen molar-refractivity contribution in [1.29, 1.82) is 0 Å². The summed E-state index contributed by atoms with van der Waals surface area (Å²) in [6, 6.07) is 3.21. The summed E-state index contributed by atoms with van der Waals surface area (Å²) in [4.78, 5) is 15.1. The predicted octanol–water partition coefficient (Wildman–Crippen LogP) is 3.34. The van der Waals surface area contributed by atoms with Crippen LogP contribution in [0.3, 0.4) is 0 Å². The third-order valence-corrected chi connectivity index (χ3v) is 3.55. The van der Waals surface area contributed by atoms with Gasteiger partial charge in [-0.15, -0.1) is 17.8 Å². The Bertz CT molecular complexity index is 698. The van der Waals surface area contributed by atoms with Gasteiger partial charge in [-0.1, -0.05) is 5.92 Å². The first kappa shape index (κ1) is 13.3. The third kappa shape index (κ3) is 2.66. The van der Waals surface area contributed by atoms with Gasteiger partial charge in [0.2, 0.25) is 0 Å². The molecule has 19 heavy (non-hydrogen) atoms. The zero-order chi connectivity index (χ0) is 14.2. The average molecular weight is 275 g/mol. The molecule has 0 bridgehead atoms. The second-order valence-electron chi connectivity index (χ2n) is 4.72. The first-order valence-electron chi connectivity index (χ1n) is 5.64. The lowest BCUT2D eigenvalue weighted by Crippen LogP contribution is -2.28. The van der Waals surface area contributed by atoms with E-state index >= 15 is 0 Å². The fraction of sp³-hybridized carbons (Fsp3) is 0.308. The summed E-state index contributed by atoms with van der Waals surface area (Å²) in [5, 5.41) is 15.0. The molecule has 2 aromatic rings. The number of nitrogens with one attached hydrogen (secondary N) is 1. The van der Waals surface area contributed by atoms with Crippen LogP contribution in [0.4, 0.5) is 11.4 Å². The standard InChI is InChI=1S/C13H13N3O2S/c1-5-13(3,4)15-9-6-10-12(19-8(2)14-10)7-11(9)16(17)18/h1,6-7,15H,2-4H3. The van der Waals surface area contributed by atoms with Crippen LogP contribution in [-0.2, 0) is 0 Å². The quantitative estimate of drug-likeness (QED) is 0.530. The van der Waals surface area contributed by atoms with Gasteiger partial charge in [0.25, 0.3) is 5.69 Å². The lowest BCUT2D eigenvalue weighted by molar-refractivity contribution is -0.383. The van der Waals surface area contributed by atoms with Gasteiger partial charge in [-0.25, -0.2) is 4.98 Å². The summed E-state index contributed by atoms with van der Waals surface area (Å²) in [6.07, 6.45) is 5.40. The van der Waals surface area contributed by atoms with Crippen molar-refractivity contribution in [2.45, 2.75) is 26.3 Å². The maximum atomic E-state index is 11.1. The second-order valence-corrected chi connectivity index (χ2v) is 5.96. The van der Waals surface area contributed by atoms with E-state index < -0.39 is 10.5 Å². The number of fused-ring (bicyclic) bond motifs is 1. The average Bonchev–Trinajstić information content (AvgIpc) is 2.66. The highest BCUT2D eigenvalue weighted by Gasteiger charge is 2.22. The molecule has 98 valence electrons. The molecular formula is C13H13N3O2S. The summed E-state index contributed by atoms with van der Waals surface area (Å²) in [6.45, 7) is 5.44. The molecule has 0 amide bonds. The molecule has 0 aliphatic carbocycles. The number of nitro benzene ring substituents is 1. The molecule has 0 spiro atoms. The van der Waals surface area contributed by atoms with Gasteiger partial charge in [0.05, 0.1) is 25.7 Å². The van der Waals surface area contributed by atoms with Crippen LogP contribution in [0, 0.1) is 29.4 Å². The first-order valence-corrected chi connectivity index (χ1v) is 6.45. The Kier molecular flexibility index (Phi) is 3.16. The summed E-state index contributed by atoms with van der Waals surface area (Å²) in [5.41, 5.74) is 0.484. The maximum Gasteiger partial charge on any atom is 0.293 e. The first-order chi connectivity index (χ1) is 8.82. The van der Waals surface area contributed by atoms with Crippen molar-refractivity contribution in [3.8, 4) is 12.3 Å². The minimum atomic E-state index is -0.663. The number of hydrogen-bond acceptors (Lipinski definition) is 5. The van der Waals surface area contributed by atoms with Crippen molar-refractivity contribution in [1.82, 2.24) is 4.98 Å². The molecule has 0 atom stereocenters. The molecule has 0 saturated heterocycles. The molecule has 1 aromatic carbocycles. The Labute approximate surface area is 114 Å². The number of rotatable bonds is 3. The van der Waals surface area contributed by atoms with Gasteiger partial charge in [-0.3, -0.25) is 10.1 Å². The van der Waals surface area contributed by atoms with E-state index in [4.69, 9.17) is 6.42 Å². The van der Waals surface area contributed by atoms with E-state index in [2.05, 4.69) is 16.2 Å². The zero-order valence-electron chi connectivity index (χ0n) is 10.9. The Morgan fingerprint density at radius 1 is 1.53 bits per heavy atom. The molecule has 2 rings (SSSR count). The topological polar surface area (TPSA) is 68.1 Å². The van der Waals surface area contributed by atoms with E-state index in [9.17, 15) is 10.1 Å². The summed E-state index contributed by atoms with van der Waals surface area (Å²) >= 11 is 1.43. The Hall–Kier alpha value is -2.13. The van der Waals surface area contributed by atoms with Crippen LogP contribution in [0.15, 0.2) is 12.1 Å². The number of aryl methyl sites for hydroxylation is 1. The molecule has 1 N–H and O–H groups in total. The van der Waals surface area contributed by atoms with Gasteiger partial charge in [0.1, 0.15) is 5.69 Å². The molecule has 1 aromatic heterocycles. The summed E-state index contributed by atoms with van der Waals surface area (Å²) < 4.78 is 0.799. The second kappa shape index (κ2) is 4.52. The SMILES string of the molecule is C#CC(C)(C)Nc1cc2nc(C)sc2cc1[N+](=O)[O-]. The summed E-state index contributed by atoms with van der Waals surface area (Å²) in [7, 11) is 0. The van der Waals surface area contributed by atoms with E-state index in [-0.39, 0.29) is 5.69 Å². The third-order valence-electron chi connectivity index (χ3n) is 2.62. The largest absolute Gasteiger partial charge is 0.364 e. The highest BCUT2D eigenvalue weighted by molar-refractivity contribution is 7.18. The lowest BCUT2D eigenvalue weighted by atomic mass is 10.1. The van der Waals surface area contributed by atoms with Crippen molar-refractivity contribution in [2.75, 3.05) is 5.32 Å². The highest BCUT2D eigenvalue weighted by atomic mass is 32.1. The molecule has 0 aliphatic heterocycles. The number of hydrogen-bond donors (Lipinski definition) is 1. The smallest absolute Gasteiger partial charge is 0.293 e. The molecule has 0 saturated carbocycles. The van der Waals surface area contributed by atoms with E-state index in [1.54, 1.807) is 19.9 Å². The summed E-state index contributed by atoms with van der Waals surface area (Å²) in [5.74, 6) is 2.56. The van der Waals surface area contributed by atoms with E-state index in [0.29, 0.717) is 5.69 Å². The number of aromatic nitrogens is 1. The van der Waals surface area contributed by atoms with Gasteiger partial charge in [-0.05, 0) is 26.8 Å². The van der Waals surface area contributed by atoms with Crippen molar-refractivity contribution in [3.63, 3.8) is 0 Å². The predicted molar refractivity (Wildman–Crippen MR) is 77.5 cm³/mol. The number of anilines is 1. The van der Waals surface area contributed by atoms with Crippen LogP contribution in [0.25, 0.3) is 10.2 Å². The van der Waals surface area contributed by atoms with Crippen molar-refractivity contribution < 1.29 is 4.92 Å². The number of benzene rings is 1. The van der Waals surface area contributed by atoms with Crippen LogP contribution in [0.5, 0.6) is 0 Å². The van der Waals surface area contributed by atoms with E-state index in [1.165, 1.54) is 17.4 Å². The Morgan fingerprint density at radius 2 is 2.21 bits per heavy atom. The Balaban J connectivity index is 2.60. The molecule has 5 nitrogen and oxygen atoms in total. The number of terminal acetylenes is 1. The number of nitrogens with zero attached hydrogens (tertiary/aromatic N) is 2. The van der Waals surface area contributed by atoms with Gasteiger partial charge in [-0.2, -0.15) is 0 Å². The molecule has 1 heterocycles. The zero-order valence-corrected chi connectivity index (χ0v) is 11.7. The van der Waals surface area contributed by atoms with Gasteiger partial charge < -0.3 is 5.32 Å². The minimum Gasteiger partial charge on any atom is -0.364 e. The van der Waals surface area contributed by atoms with Crippen LogP contribution < -0.4 is 5.32 Å². The normalized spacial score (nSPS) is 11.3. The van der Waals surface area contributed by atoms with Gasteiger partial charge >= 0.3 is 0 Å². The molecular weight excluding hydrogens is 262 g/mol.